The fourth-order valence-corrected chi connectivity index (χ4v) is 9.13. The minimum atomic E-state index is -0.789. The first-order valence-corrected chi connectivity index (χ1v) is 29.1. The summed E-state index contributed by atoms with van der Waals surface area (Å²) in [6.45, 7) is 6.51. The molecule has 1 amide bonds. The maximum absolute atomic E-state index is 13.3. The maximum Gasteiger partial charge on any atom is 0.306 e. The quantitative estimate of drug-likeness (QED) is 0.0321. The van der Waals surface area contributed by atoms with Gasteiger partial charge in [0.1, 0.15) is 6.10 Å². The second kappa shape index (κ2) is 53.3. The van der Waals surface area contributed by atoms with Gasteiger partial charge in [-0.1, -0.05) is 276 Å². The Hall–Kier alpha value is -1.66. The normalized spacial score (nSPS) is 13.2. The summed E-state index contributed by atoms with van der Waals surface area (Å²) >= 11 is 0. The summed E-state index contributed by atoms with van der Waals surface area (Å²) in [4.78, 5) is 26.2. The van der Waals surface area contributed by atoms with Crippen molar-refractivity contribution in [1.82, 2.24) is 5.32 Å². The Kier molecular flexibility index (Phi) is 51.9. The number of rotatable bonds is 53. The summed E-state index contributed by atoms with van der Waals surface area (Å²) in [6.07, 6.45) is 62.4. The van der Waals surface area contributed by atoms with Crippen LogP contribution in [0.15, 0.2) is 24.3 Å². The standard InChI is InChI=1S/C59H113NO5/c1-4-7-10-13-16-19-22-25-27-29-30-33-36-39-42-45-48-51-57(62)56(54-61)60-58(63)53-55(50-47-44-41-38-35-32-24-21-18-15-12-9-6-3)65-59(64)52-49-46-43-40-37-34-31-28-26-23-20-17-14-11-8-5-2/h28,31,34,37,55-57,61-62H,4-27,29-30,32-33,35-36,38-54H2,1-3H3,(H,60,63)/b31-28+,37-34+. The highest BCUT2D eigenvalue weighted by molar-refractivity contribution is 5.77. The summed E-state index contributed by atoms with van der Waals surface area (Å²) in [6, 6.07) is -0.703. The topological polar surface area (TPSA) is 95.9 Å². The highest BCUT2D eigenvalue weighted by Crippen LogP contribution is 2.19. The van der Waals surface area contributed by atoms with Crippen molar-refractivity contribution in [3.63, 3.8) is 0 Å². The average molecular weight is 917 g/mol. The molecule has 3 atom stereocenters. The molecule has 0 rings (SSSR count). The van der Waals surface area contributed by atoms with Crippen LogP contribution in [0.2, 0.25) is 0 Å². The fraction of sp³-hybridized carbons (Fsp3) is 0.898. The van der Waals surface area contributed by atoms with Gasteiger partial charge in [-0.2, -0.15) is 0 Å². The molecule has 384 valence electrons. The lowest BCUT2D eigenvalue weighted by Crippen LogP contribution is -2.46. The van der Waals surface area contributed by atoms with Crippen LogP contribution in [0.5, 0.6) is 0 Å². The zero-order valence-corrected chi connectivity index (χ0v) is 43.9. The molecule has 0 aliphatic carbocycles. The summed E-state index contributed by atoms with van der Waals surface area (Å²) < 4.78 is 5.95. The lowest BCUT2D eigenvalue weighted by Gasteiger charge is -2.24. The number of hydrogen-bond donors (Lipinski definition) is 3. The molecule has 0 aromatic rings. The predicted molar refractivity (Wildman–Crippen MR) is 283 cm³/mol. The SMILES string of the molecule is CCCCCCCCC/C=C/C=C/CCCCCC(=O)OC(CCCCCCCCCCCCCCC)CC(=O)NC(CO)C(O)CCCCCCCCCCCCCCCCCCC. The number of carbonyl (C=O) groups is 2. The van der Waals surface area contributed by atoms with Crippen LogP contribution in [0.25, 0.3) is 0 Å². The number of aliphatic hydroxyl groups excluding tert-OH is 2. The first-order chi connectivity index (χ1) is 32.0. The van der Waals surface area contributed by atoms with E-state index < -0.39 is 18.2 Å². The monoisotopic (exact) mass is 916 g/mol. The molecule has 6 heteroatoms. The van der Waals surface area contributed by atoms with E-state index in [-0.39, 0.29) is 24.9 Å². The summed E-state index contributed by atoms with van der Waals surface area (Å²) in [7, 11) is 0. The smallest absolute Gasteiger partial charge is 0.306 e. The van der Waals surface area contributed by atoms with E-state index in [1.165, 1.54) is 212 Å². The molecule has 0 heterocycles. The van der Waals surface area contributed by atoms with Crippen LogP contribution >= 0.6 is 0 Å². The van der Waals surface area contributed by atoms with Crippen LogP contribution in [-0.2, 0) is 14.3 Å². The molecule has 6 nitrogen and oxygen atoms in total. The van der Waals surface area contributed by atoms with E-state index in [4.69, 9.17) is 4.74 Å². The number of ether oxygens (including phenoxy) is 1. The molecule has 0 bridgehead atoms. The number of aliphatic hydroxyl groups is 2. The van der Waals surface area contributed by atoms with Gasteiger partial charge in [0, 0.05) is 6.42 Å². The van der Waals surface area contributed by atoms with Gasteiger partial charge >= 0.3 is 5.97 Å². The lowest BCUT2D eigenvalue weighted by atomic mass is 10.0. The van der Waals surface area contributed by atoms with Crippen LogP contribution in [0.4, 0.5) is 0 Å². The number of hydrogen-bond acceptors (Lipinski definition) is 5. The minimum Gasteiger partial charge on any atom is -0.462 e. The molecule has 0 spiro atoms. The molecule has 0 aromatic heterocycles. The summed E-state index contributed by atoms with van der Waals surface area (Å²) in [5.74, 6) is -0.486. The number of esters is 1. The Balaban J connectivity index is 4.51. The van der Waals surface area contributed by atoms with Gasteiger partial charge in [-0.05, 0) is 51.4 Å². The highest BCUT2D eigenvalue weighted by Gasteiger charge is 2.24. The van der Waals surface area contributed by atoms with Crippen LogP contribution in [0, 0.1) is 0 Å². The first-order valence-electron chi connectivity index (χ1n) is 29.1. The molecule has 0 aliphatic rings. The third-order valence-corrected chi connectivity index (χ3v) is 13.6. The van der Waals surface area contributed by atoms with Gasteiger partial charge in [-0.25, -0.2) is 0 Å². The van der Waals surface area contributed by atoms with Gasteiger partial charge in [-0.15, -0.1) is 0 Å². The number of nitrogens with one attached hydrogen (secondary N) is 1. The molecular weight excluding hydrogens is 803 g/mol. The molecule has 0 saturated heterocycles. The van der Waals surface area contributed by atoms with Crippen LogP contribution in [-0.4, -0.2) is 46.9 Å². The van der Waals surface area contributed by atoms with Crippen molar-refractivity contribution in [2.45, 2.75) is 334 Å². The largest absolute Gasteiger partial charge is 0.462 e. The van der Waals surface area contributed by atoms with E-state index in [0.29, 0.717) is 19.3 Å². The molecule has 0 radical (unpaired) electrons. The summed E-state index contributed by atoms with van der Waals surface area (Å²) in [5.41, 5.74) is 0. The van der Waals surface area contributed by atoms with E-state index in [2.05, 4.69) is 50.4 Å². The lowest BCUT2D eigenvalue weighted by molar-refractivity contribution is -0.151. The van der Waals surface area contributed by atoms with Crippen molar-refractivity contribution in [3.8, 4) is 0 Å². The van der Waals surface area contributed by atoms with Crippen molar-refractivity contribution < 1.29 is 24.5 Å². The molecule has 65 heavy (non-hydrogen) atoms. The molecule has 0 aliphatic heterocycles. The van der Waals surface area contributed by atoms with E-state index in [1.54, 1.807) is 0 Å². The zero-order chi connectivity index (χ0) is 47.4. The van der Waals surface area contributed by atoms with Crippen molar-refractivity contribution in [3.05, 3.63) is 24.3 Å². The van der Waals surface area contributed by atoms with E-state index in [1.807, 2.05) is 0 Å². The molecule has 0 fully saturated rings. The van der Waals surface area contributed by atoms with Gasteiger partial charge in [0.15, 0.2) is 0 Å². The van der Waals surface area contributed by atoms with Crippen molar-refractivity contribution in [2.24, 2.45) is 0 Å². The first kappa shape index (κ1) is 63.3. The molecule has 3 unspecified atom stereocenters. The number of carbonyl (C=O) groups excluding carboxylic acids is 2. The predicted octanol–water partition coefficient (Wildman–Crippen LogP) is 17.9. The van der Waals surface area contributed by atoms with Gasteiger partial charge in [0.05, 0.1) is 25.2 Å². The van der Waals surface area contributed by atoms with E-state index in [0.717, 1.165) is 57.8 Å². The Morgan fingerprint density at radius 2 is 0.769 bits per heavy atom. The molecule has 3 N–H and O–H groups in total. The van der Waals surface area contributed by atoms with Gasteiger partial charge in [0.25, 0.3) is 0 Å². The Labute approximate surface area is 405 Å². The Morgan fingerprint density at radius 1 is 0.446 bits per heavy atom. The zero-order valence-electron chi connectivity index (χ0n) is 43.9. The maximum atomic E-state index is 13.3. The Morgan fingerprint density at radius 3 is 1.14 bits per heavy atom. The van der Waals surface area contributed by atoms with E-state index in [9.17, 15) is 19.8 Å². The fourth-order valence-electron chi connectivity index (χ4n) is 9.13. The summed E-state index contributed by atoms with van der Waals surface area (Å²) in [5, 5.41) is 23.9. The van der Waals surface area contributed by atoms with Crippen molar-refractivity contribution in [1.29, 1.82) is 0 Å². The molecule has 0 aromatic carbocycles. The highest BCUT2D eigenvalue weighted by atomic mass is 16.5. The van der Waals surface area contributed by atoms with Gasteiger partial charge in [0.2, 0.25) is 5.91 Å². The van der Waals surface area contributed by atoms with Crippen LogP contribution < -0.4 is 5.32 Å². The van der Waals surface area contributed by atoms with Crippen LogP contribution in [0.1, 0.15) is 316 Å². The second-order valence-corrected chi connectivity index (χ2v) is 20.1. The second-order valence-electron chi connectivity index (χ2n) is 20.1. The van der Waals surface area contributed by atoms with Gasteiger partial charge in [-0.3, -0.25) is 9.59 Å². The minimum absolute atomic E-state index is 0.0730. The third kappa shape index (κ3) is 48.6. The number of allylic oxidation sites excluding steroid dienone is 4. The number of unbranched alkanes of at least 4 members (excludes halogenated alkanes) is 38. The van der Waals surface area contributed by atoms with Crippen molar-refractivity contribution >= 4 is 11.9 Å². The van der Waals surface area contributed by atoms with Crippen molar-refractivity contribution in [2.75, 3.05) is 6.61 Å². The third-order valence-electron chi connectivity index (χ3n) is 13.6. The van der Waals surface area contributed by atoms with E-state index >= 15 is 0 Å². The van der Waals surface area contributed by atoms with Gasteiger partial charge < -0.3 is 20.3 Å². The number of amides is 1. The average Bonchev–Trinajstić information content (AvgIpc) is 3.30. The Bertz CT molecular complexity index is 1030. The molecular formula is C59H113NO5. The van der Waals surface area contributed by atoms with Crippen LogP contribution in [0.3, 0.4) is 0 Å². The molecule has 0 saturated carbocycles.